The number of rotatable bonds is 3. The molecule has 1 fully saturated rings. The number of aromatic nitrogens is 3. The first-order chi connectivity index (χ1) is 9.29. The van der Waals surface area contributed by atoms with Gasteiger partial charge in [0.2, 0.25) is 0 Å². The zero-order valence-corrected chi connectivity index (χ0v) is 11.2. The lowest BCUT2D eigenvalue weighted by Gasteiger charge is -2.15. The van der Waals surface area contributed by atoms with E-state index in [0.29, 0.717) is 12.6 Å². The van der Waals surface area contributed by atoms with Crippen molar-refractivity contribution in [1.29, 1.82) is 0 Å². The van der Waals surface area contributed by atoms with Gasteiger partial charge in [0, 0.05) is 18.7 Å². The highest BCUT2D eigenvalue weighted by Gasteiger charge is 2.32. The van der Waals surface area contributed by atoms with Crippen LogP contribution in [-0.4, -0.2) is 41.1 Å². The van der Waals surface area contributed by atoms with Crippen LogP contribution in [0.3, 0.4) is 0 Å². The molecular weight excluding hydrogens is 240 g/mol. The molecule has 1 N–H and O–H groups in total. The second-order valence-electron chi connectivity index (χ2n) is 4.82. The van der Waals surface area contributed by atoms with E-state index >= 15 is 0 Å². The molecule has 0 saturated carbocycles. The molecular formula is C14H18N4O. The second-order valence-corrected chi connectivity index (χ2v) is 4.82. The summed E-state index contributed by atoms with van der Waals surface area (Å²) in [4.78, 5) is 4.69. The van der Waals surface area contributed by atoms with Crippen LogP contribution in [0.25, 0.3) is 11.4 Å². The first kappa shape index (κ1) is 12.3. The molecule has 19 heavy (non-hydrogen) atoms. The molecule has 0 amide bonds. The van der Waals surface area contributed by atoms with E-state index in [0.717, 1.165) is 23.8 Å². The summed E-state index contributed by atoms with van der Waals surface area (Å²) < 4.78 is 7.41. The molecule has 2 aromatic rings. The SMILES string of the molecule is CNC1COCC1c1nc(-c2ccccc2)nn1C. The Balaban J connectivity index is 1.94. The van der Waals surface area contributed by atoms with Gasteiger partial charge in [0.1, 0.15) is 5.82 Å². The maximum Gasteiger partial charge on any atom is 0.181 e. The molecule has 1 aromatic carbocycles. The van der Waals surface area contributed by atoms with Crippen LogP contribution in [0, 0.1) is 0 Å². The van der Waals surface area contributed by atoms with Gasteiger partial charge in [-0.25, -0.2) is 4.98 Å². The highest BCUT2D eigenvalue weighted by atomic mass is 16.5. The smallest absolute Gasteiger partial charge is 0.181 e. The number of benzene rings is 1. The van der Waals surface area contributed by atoms with Gasteiger partial charge in [0.05, 0.1) is 19.1 Å². The van der Waals surface area contributed by atoms with Gasteiger partial charge >= 0.3 is 0 Å². The van der Waals surface area contributed by atoms with Crippen molar-refractivity contribution in [2.45, 2.75) is 12.0 Å². The summed E-state index contributed by atoms with van der Waals surface area (Å²) in [6.45, 7) is 1.43. The van der Waals surface area contributed by atoms with E-state index in [4.69, 9.17) is 9.72 Å². The Kier molecular flexibility index (Phi) is 3.31. The van der Waals surface area contributed by atoms with Crippen LogP contribution in [0.4, 0.5) is 0 Å². The van der Waals surface area contributed by atoms with Crippen LogP contribution in [0.1, 0.15) is 11.7 Å². The Morgan fingerprint density at radius 1 is 1.26 bits per heavy atom. The third kappa shape index (κ3) is 2.27. The molecule has 1 saturated heterocycles. The van der Waals surface area contributed by atoms with Crippen LogP contribution in [0.15, 0.2) is 30.3 Å². The molecule has 5 heteroatoms. The standard InChI is InChI=1S/C14H18N4O/c1-15-12-9-19-8-11(12)14-16-13(17-18(14)2)10-6-4-3-5-7-10/h3-7,11-12,15H,8-9H2,1-2H3. The normalized spacial score (nSPS) is 22.8. The van der Waals surface area contributed by atoms with E-state index in [9.17, 15) is 0 Å². The summed E-state index contributed by atoms with van der Waals surface area (Å²) in [5.74, 6) is 2.02. The van der Waals surface area contributed by atoms with Gasteiger partial charge in [-0.05, 0) is 7.05 Å². The summed E-state index contributed by atoms with van der Waals surface area (Å²) >= 11 is 0. The van der Waals surface area contributed by atoms with Gasteiger partial charge in [-0.3, -0.25) is 4.68 Å². The molecule has 1 aromatic heterocycles. The van der Waals surface area contributed by atoms with Gasteiger partial charge < -0.3 is 10.1 Å². The molecule has 0 bridgehead atoms. The average molecular weight is 258 g/mol. The number of nitrogens with one attached hydrogen (secondary N) is 1. The molecule has 0 aliphatic carbocycles. The van der Waals surface area contributed by atoms with E-state index in [1.165, 1.54) is 0 Å². The number of nitrogens with zero attached hydrogens (tertiary/aromatic N) is 3. The maximum atomic E-state index is 5.54. The number of ether oxygens (including phenoxy) is 1. The van der Waals surface area contributed by atoms with Crippen LogP contribution >= 0.6 is 0 Å². The molecule has 2 unspecified atom stereocenters. The van der Waals surface area contributed by atoms with E-state index in [2.05, 4.69) is 10.4 Å². The van der Waals surface area contributed by atoms with Crippen molar-refractivity contribution in [2.24, 2.45) is 7.05 Å². The minimum absolute atomic E-state index is 0.264. The van der Waals surface area contributed by atoms with E-state index in [-0.39, 0.29) is 5.92 Å². The van der Waals surface area contributed by atoms with Crippen molar-refractivity contribution in [1.82, 2.24) is 20.1 Å². The molecule has 3 rings (SSSR count). The molecule has 1 aliphatic heterocycles. The third-order valence-corrected chi connectivity index (χ3v) is 3.61. The molecule has 0 spiro atoms. The predicted octanol–water partition coefficient (Wildman–Crippen LogP) is 1.18. The fourth-order valence-corrected chi connectivity index (χ4v) is 2.52. The van der Waals surface area contributed by atoms with E-state index in [1.807, 2.05) is 49.1 Å². The van der Waals surface area contributed by atoms with Crippen LogP contribution < -0.4 is 5.32 Å². The van der Waals surface area contributed by atoms with Crippen molar-refractivity contribution < 1.29 is 4.74 Å². The van der Waals surface area contributed by atoms with E-state index < -0.39 is 0 Å². The number of likely N-dealkylation sites (N-methyl/N-ethyl adjacent to an activating group) is 1. The molecule has 0 radical (unpaired) electrons. The Hall–Kier alpha value is -1.72. The van der Waals surface area contributed by atoms with Gasteiger partial charge in [-0.15, -0.1) is 0 Å². The minimum atomic E-state index is 0.264. The van der Waals surface area contributed by atoms with Gasteiger partial charge in [0.25, 0.3) is 0 Å². The zero-order chi connectivity index (χ0) is 13.2. The highest BCUT2D eigenvalue weighted by Crippen LogP contribution is 2.26. The number of aryl methyl sites for hydroxylation is 1. The molecule has 5 nitrogen and oxygen atoms in total. The minimum Gasteiger partial charge on any atom is -0.379 e. The predicted molar refractivity (Wildman–Crippen MR) is 72.8 cm³/mol. The Labute approximate surface area is 112 Å². The average Bonchev–Trinajstić information content (AvgIpc) is 3.05. The zero-order valence-electron chi connectivity index (χ0n) is 11.2. The van der Waals surface area contributed by atoms with Crippen molar-refractivity contribution in [3.05, 3.63) is 36.2 Å². The Morgan fingerprint density at radius 3 is 2.79 bits per heavy atom. The lowest BCUT2D eigenvalue weighted by molar-refractivity contribution is 0.187. The molecule has 1 aliphatic rings. The highest BCUT2D eigenvalue weighted by molar-refractivity contribution is 5.54. The van der Waals surface area contributed by atoms with Crippen molar-refractivity contribution in [2.75, 3.05) is 20.3 Å². The van der Waals surface area contributed by atoms with Gasteiger partial charge in [0.15, 0.2) is 5.82 Å². The van der Waals surface area contributed by atoms with Crippen LogP contribution in [0.5, 0.6) is 0 Å². The summed E-state index contributed by atoms with van der Waals surface area (Å²) in [6, 6.07) is 10.4. The van der Waals surface area contributed by atoms with Gasteiger partial charge in [-0.1, -0.05) is 30.3 Å². The molecule has 100 valence electrons. The monoisotopic (exact) mass is 258 g/mol. The lowest BCUT2D eigenvalue weighted by Crippen LogP contribution is -2.32. The quantitative estimate of drug-likeness (QED) is 0.898. The van der Waals surface area contributed by atoms with Crippen LogP contribution in [-0.2, 0) is 11.8 Å². The first-order valence-corrected chi connectivity index (χ1v) is 6.51. The third-order valence-electron chi connectivity index (χ3n) is 3.61. The lowest BCUT2D eigenvalue weighted by atomic mass is 10.0. The van der Waals surface area contributed by atoms with Crippen molar-refractivity contribution >= 4 is 0 Å². The Morgan fingerprint density at radius 2 is 2.05 bits per heavy atom. The van der Waals surface area contributed by atoms with Crippen molar-refractivity contribution in [3.63, 3.8) is 0 Å². The maximum absolute atomic E-state index is 5.54. The molecule has 2 atom stereocenters. The second kappa shape index (κ2) is 5.11. The van der Waals surface area contributed by atoms with E-state index in [1.54, 1.807) is 0 Å². The van der Waals surface area contributed by atoms with Crippen molar-refractivity contribution in [3.8, 4) is 11.4 Å². The summed E-state index contributed by atoms with van der Waals surface area (Å²) in [7, 11) is 3.90. The molecule has 2 heterocycles. The summed E-state index contributed by atoms with van der Waals surface area (Å²) in [5.41, 5.74) is 1.05. The number of hydrogen-bond donors (Lipinski definition) is 1. The van der Waals surface area contributed by atoms with Gasteiger partial charge in [-0.2, -0.15) is 5.10 Å². The summed E-state index contributed by atoms with van der Waals surface area (Å²) in [6.07, 6.45) is 0. The fourth-order valence-electron chi connectivity index (χ4n) is 2.52. The first-order valence-electron chi connectivity index (χ1n) is 6.51. The topological polar surface area (TPSA) is 52.0 Å². The fraction of sp³-hybridized carbons (Fsp3) is 0.429. The Bertz CT molecular complexity index is 552. The summed E-state index contributed by atoms with van der Waals surface area (Å²) in [5, 5.41) is 7.80. The van der Waals surface area contributed by atoms with Crippen LogP contribution in [0.2, 0.25) is 0 Å². The number of hydrogen-bond acceptors (Lipinski definition) is 4. The largest absolute Gasteiger partial charge is 0.379 e.